The van der Waals surface area contributed by atoms with Crippen LogP contribution in [0.3, 0.4) is 0 Å². The van der Waals surface area contributed by atoms with E-state index in [1.807, 2.05) is 0 Å². The Labute approximate surface area is 125 Å². The first kappa shape index (κ1) is 17.3. The van der Waals surface area contributed by atoms with Crippen molar-refractivity contribution in [2.45, 2.75) is 64.8 Å². The first-order valence-corrected chi connectivity index (χ1v) is 7.72. The first-order valence-electron chi connectivity index (χ1n) is 7.72. The number of unbranched alkanes of at least 4 members (excludes halogenated alkanes) is 6. The van der Waals surface area contributed by atoms with Gasteiger partial charge in [-0.05, 0) is 18.6 Å². The second kappa shape index (κ2) is 10.0. The largest absolute Gasteiger partial charge is 0.475 e. The molecule has 1 amide bonds. The van der Waals surface area contributed by atoms with Gasteiger partial charge in [0, 0.05) is 6.42 Å². The molecule has 1 aromatic heterocycles. The second-order valence-corrected chi connectivity index (χ2v) is 5.22. The molecule has 1 rings (SSSR count). The van der Waals surface area contributed by atoms with E-state index in [9.17, 15) is 9.59 Å². The summed E-state index contributed by atoms with van der Waals surface area (Å²) in [5, 5.41) is 11.5. The molecule has 0 aliphatic carbocycles. The van der Waals surface area contributed by atoms with Gasteiger partial charge in [-0.3, -0.25) is 4.79 Å². The Bertz CT molecular complexity index is 439. The van der Waals surface area contributed by atoms with Crippen LogP contribution in [0.5, 0.6) is 0 Å². The fraction of sp³-hybridized carbons (Fsp3) is 0.625. The van der Waals surface area contributed by atoms with Crippen LogP contribution in [0.4, 0.5) is 0 Å². The lowest BCUT2D eigenvalue weighted by atomic mass is 10.1. The predicted molar refractivity (Wildman–Crippen MR) is 80.1 cm³/mol. The van der Waals surface area contributed by atoms with Crippen LogP contribution in [0.25, 0.3) is 0 Å². The molecule has 1 heterocycles. The number of hydrogen-bond acceptors (Lipinski definition) is 3. The zero-order valence-electron chi connectivity index (χ0n) is 12.7. The molecule has 0 bridgehead atoms. The van der Waals surface area contributed by atoms with Crippen LogP contribution in [0.1, 0.15) is 74.6 Å². The quantitative estimate of drug-likeness (QED) is 0.609. The van der Waals surface area contributed by atoms with Crippen molar-refractivity contribution in [2.75, 3.05) is 0 Å². The van der Waals surface area contributed by atoms with Crippen molar-refractivity contribution in [2.24, 2.45) is 0 Å². The van der Waals surface area contributed by atoms with E-state index in [0.717, 1.165) is 12.8 Å². The number of carboxylic acid groups (broad SMARTS) is 1. The Morgan fingerprint density at radius 1 is 1.10 bits per heavy atom. The lowest BCUT2D eigenvalue weighted by molar-refractivity contribution is -0.121. The SMILES string of the molecule is CCCCCCCCCC(=O)NCc1ccc(C(=O)O)o1. The van der Waals surface area contributed by atoms with Crippen molar-refractivity contribution in [3.63, 3.8) is 0 Å². The van der Waals surface area contributed by atoms with Gasteiger partial charge in [0.25, 0.3) is 0 Å². The van der Waals surface area contributed by atoms with Crippen LogP contribution in [-0.4, -0.2) is 17.0 Å². The number of aromatic carboxylic acids is 1. The van der Waals surface area contributed by atoms with E-state index in [0.29, 0.717) is 12.2 Å². The van der Waals surface area contributed by atoms with Crippen LogP contribution in [0.2, 0.25) is 0 Å². The standard InChI is InChI=1S/C16H25NO4/c1-2-3-4-5-6-7-8-9-15(18)17-12-13-10-11-14(21-13)16(19)20/h10-11H,2-9,12H2,1H3,(H,17,18)(H,19,20). The number of hydrogen-bond donors (Lipinski definition) is 2. The topological polar surface area (TPSA) is 79.5 Å². The molecular weight excluding hydrogens is 270 g/mol. The van der Waals surface area contributed by atoms with Crippen LogP contribution in [0, 0.1) is 0 Å². The van der Waals surface area contributed by atoms with E-state index in [-0.39, 0.29) is 18.2 Å². The van der Waals surface area contributed by atoms with Gasteiger partial charge < -0.3 is 14.8 Å². The molecule has 0 aromatic carbocycles. The van der Waals surface area contributed by atoms with Gasteiger partial charge in [0.15, 0.2) is 0 Å². The number of furan rings is 1. The summed E-state index contributed by atoms with van der Waals surface area (Å²) < 4.78 is 5.06. The Morgan fingerprint density at radius 2 is 1.76 bits per heavy atom. The molecule has 0 fully saturated rings. The number of rotatable bonds is 11. The zero-order chi connectivity index (χ0) is 15.5. The second-order valence-electron chi connectivity index (χ2n) is 5.22. The van der Waals surface area contributed by atoms with Crippen molar-refractivity contribution >= 4 is 11.9 Å². The molecular formula is C16H25NO4. The fourth-order valence-corrected chi connectivity index (χ4v) is 2.10. The maximum absolute atomic E-state index is 11.6. The normalized spacial score (nSPS) is 10.5. The summed E-state index contributed by atoms with van der Waals surface area (Å²) >= 11 is 0. The van der Waals surface area contributed by atoms with E-state index < -0.39 is 5.97 Å². The van der Waals surface area contributed by atoms with Crippen LogP contribution >= 0.6 is 0 Å². The molecule has 5 nitrogen and oxygen atoms in total. The smallest absolute Gasteiger partial charge is 0.371 e. The molecule has 2 N–H and O–H groups in total. The number of nitrogens with one attached hydrogen (secondary N) is 1. The molecule has 0 saturated heterocycles. The Kier molecular flexibility index (Phi) is 8.24. The van der Waals surface area contributed by atoms with E-state index in [2.05, 4.69) is 12.2 Å². The van der Waals surface area contributed by atoms with Crippen LogP contribution in [0.15, 0.2) is 16.5 Å². The predicted octanol–water partition coefficient (Wildman–Crippen LogP) is 3.73. The Morgan fingerprint density at radius 3 is 2.38 bits per heavy atom. The third kappa shape index (κ3) is 7.54. The molecule has 1 aromatic rings. The minimum absolute atomic E-state index is 0.0168. The number of carbonyl (C=O) groups excluding carboxylic acids is 1. The lowest BCUT2D eigenvalue weighted by Crippen LogP contribution is -2.22. The van der Waals surface area contributed by atoms with Gasteiger partial charge in [-0.1, -0.05) is 45.4 Å². The average molecular weight is 295 g/mol. The summed E-state index contributed by atoms with van der Waals surface area (Å²) in [5.74, 6) is -0.765. The Balaban J connectivity index is 2.06. The van der Waals surface area contributed by atoms with Crippen molar-refractivity contribution in [1.29, 1.82) is 0 Å². The maximum Gasteiger partial charge on any atom is 0.371 e. The average Bonchev–Trinajstić information content (AvgIpc) is 2.93. The third-order valence-electron chi connectivity index (χ3n) is 3.34. The van der Waals surface area contributed by atoms with Gasteiger partial charge in [-0.25, -0.2) is 4.79 Å². The van der Waals surface area contributed by atoms with Gasteiger partial charge in [-0.2, -0.15) is 0 Å². The van der Waals surface area contributed by atoms with Crippen molar-refractivity contribution in [3.8, 4) is 0 Å². The maximum atomic E-state index is 11.6. The molecule has 0 aliphatic rings. The fourth-order valence-electron chi connectivity index (χ4n) is 2.10. The van der Waals surface area contributed by atoms with Gasteiger partial charge in [0.1, 0.15) is 5.76 Å². The lowest BCUT2D eigenvalue weighted by Gasteiger charge is -2.03. The van der Waals surface area contributed by atoms with E-state index in [1.165, 1.54) is 38.2 Å². The summed E-state index contributed by atoms with van der Waals surface area (Å²) in [6.07, 6.45) is 8.76. The first-order chi connectivity index (χ1) is 10.1. The molecule has 0 radical (unpaired) electrons. The van der Waals surface area contributed by atoms with Gasteiger partial charge >= 0.3 is 5.97 Å². The molecule has 0 spiro atoms. The highest BCUT2D eigenvalue weighted by atomic mass is 16.4. The highest BCUT2D eigenvalue weighted by Crippen LogP contribution is 2.09. The number of carboxylic acids is 1. The van der Waals surface area contributed by atoms with Crippen LogP contribution in [-0.2, 0) is 11.3 Å². The summed E-state index contributed by atoms with van der Waals surface area (Å²) in [6.45, 7) is 2.44. The van der Waals surface area contributed by atoms with E-state index in [4.69, 9.17) is 9.52 Å². The summed E-state index contributed by atoms with van der Waals surface area (Å²) in [6, 6.07) is 2.96. The van der Waals surface area contributed by atoms with Crippen molar-refractivity contribution < 1.29 is 19.1 Å². The highest BCUT2D eigenvalue weighted by Gasteiger charge is 2.09. The third-order valence-corrected chi connectivity index (χ3v) is 3.34. The molecule has 0 aliphatic heterocycles. The highest BCUT2D eigenvalue weighted by molar-refractivity contribution is 5.84. The molecule has 0 saturated carbocycles. The molecule has 5 heteroatoms. The number of amides is 1. The summed E-state index contributed by atoms with van der Waals surface area (Å²) in [5.41, 5.74) is 0. The zero-order valence-corrected chi connectivity index (χ0v) is 12.7. The van der Waals surface area contributed by atoms with Gasteiger partial charge in [0.2, 0.25) is 11.7 Å². The van der Waals surface area contributed by atoms with Crippen LogP contribution < -0.4 is 5.32 Å². The van der Waals surface area contributed by atoms with E-state index in [1.54, 1.807) is 6.07 Å². The molecule has 0 atom stereocenters. The number of carbonyl (C=O) groups is 2. The molecule has 21 heavy (non-hydrogen) atoms. The summed E-state index contributed by atoms with van der Waals surface area (Å²) in [7, 11) is 0. The molecule has 118 valence electrons. The monoisotopic (exact) mass is 295 g/mol. The Hall–Kier alpha value is -1.78. The van der Waals surface area contributed by atoms with Crippen molar-refractivity contribution in [3.05, 3.63) is 23.7 Å². The van der Waals surface area contributed by atoms with E-state index >= 15 is 0 Å². The van der Waals surface area contributed by atoms with Gasteiger partial charge in [-0.15, -0.1) is 0 Å². The van der Waals surface area contributed by atoms with Crippen molar-refractivity contribution in [1.82, 2.24) is 5.32 Å². The van der Waals surface area contributed by atoms with Gasteiger partial charge in [0.05, 0.1) is 6.54 Å². The summed E-state index contributed by atoms with van der Waals surface area (Å²) in [4.78, 5) is 22.3. The molecule has 0 unspecified atom stereocenters. The minimum atomic E-state index is -1.10. The minimum Gasteiger partial charge on any atom is -0.475 e.